The molecule has 2 unspecified atom stereocenters. The zero-order chi connectivity index (χ0) is 18.7. The maximum absolute atomic E-state index is 12.9. The van der Waals surface area contributed by atoms with Gasteiger partial charge in [-0.05, 0) is 43.4 Å². The number of benzene rings is 1. The molecule has 1 aromatic heterocycles. The molecule has 1 aliphatic carbocycles. The molecule has 5 nitrogen and oxygen atoms in total. The van der Waals surface area contributed by atoms with Crippen LogP contribution in [0.4, 0.5) is 5.00 Å². The molecule has 26 heavy (non-hydrogen) atoms. The van der Waals surface area contributed by atoms with Crippen molar-refractivity contribution in [1.29, 1.82) is 5.26 Å². The second kappa shape index (κ2) is 8.11. The van der Waals surface area contributed by atoms with Crippen molar-refractivity contribution in [3.63, 3.8) is 0 Å². The van der Waals surface area contributed by atoms with Crippen molar-refractivity contribution in [3.8, 4) is 6.07 Å². The maximum atomic E-state index is 12.9. The van der Waals surface area contributed by atoms with Crippen molar-refractivity contribution in [2.24, 2.45) is 11.8 Å². The molecule has 7 heteroatoms. The smallest absolute Gasteiger partial charge is 0.228 e. The fourth-order valence-corrected chi connectivity index (χ4v) is 4.39. The first kappa shape index (κ1) is 18.7. The Morgan fingerprint density at radius 1 is 1.23 bits per heavy atom. The van der Waals surface area contributed by atoms with Gasteiger partial charge in [0.15, 0.2) is 5.78 Å². The molecule has 0 saturated heterocycles. The van der Waals surface area contributed by atoms with Gasteiger partial charge in [0.05, 0.1) is 5.69 Å². The van der Waals surface area contributed by atoms with Crippen LogP contribution in [0.2, 0.25) is 0 Å². The molecule has 0 spiro atoms. The van der Waals surface area contributed by atoms with Crippen LogP contribution < -0.4 is 5.32 Å². The summed E-state index contributed by atoms with van der Waals surface area (Å²) in [6, 6.07) is 9.33. The number of anilines is 1. The molecule has 2 atom stereocenters. The van der Waals surface area contributed by atoms with Crippen molar-refractivity contribution in [1.82, 2.24) is 4.37 Å². The summed E-state index contributed by atoms with van der Waals surface area (Å²) in [5.41, 5.74) is 1.64. The van der Waals surface area contributed by atoms with Gasteiger partial charge in [-0.2, -0.15) is 9.64 Å². The van der Waals surface area contributed by atoms with E-state index in [1.165, 1.54) is 0 Å². The van der Waals surface area contributed by atoms with E-state index in [2.05, 4.69) is 31.7 Å². The molecule has 134 valence electrons. The fourth-order valence-electron chi connectivity index (χ4n) is 3.38. The van der Waals surface area contributed by atoms with Crippen LogP contribution in [0, 0.1) is 30.1 Å². The number of aromatic nitrogens is 1. The van der Waals surface area contributed by atoms with Crippen LogP contribution in [-0.2, 0) is 4.79 Å². The van der Waals surface area contributed by atoms with Gasteiger partial charge in [-0.15, -0.1) is 0 Å². The highest BCUT2D eigenvalue weighted by Crippen LogP contribution is 2.34. The van der Waals surface area contributed by atoms with E-state index in [4.69, 9.17) is 0 Å². The predicted molar refractivity (Wildman–Crippen MR) is 104 cm³/mol. The number of rotatable bonds is 4. The number of amides is 1. The average Bonchev–Trinajstić information content (AvgIpc) is 3.01. The molecule has 0 aliphatic heterocycles. The largest absolute Gasteiger partial charge is 0.315 e. The Balaban J connectivity index is 1.80. The third kappa shape index (κ3) is 3.87. The lowest BCUT2D eigenvalue weighted by atomic mass is 9.75. The highest BCUT2D eigenvalue weighted by Gasteiger charge is 2.36. The summed E-state index contributed by atoms with van der Waals surface area (Å²) in [6.45, 7) is 1.74. The van der Waals surface area contributed by atoms with E-state index in [9.17, 15) is 14.9 Å². The molecular formula is C19H18BrN3O2S. The molecule has 1 heterocycles. The number of ketones is 1. The Morgan fingerprint density at radius 2 is 1.88 bits per heavy atom. The fraction of sp³-hybridized carbons (Fsp3) is 0.368. The van der Waals surface area contributed by atoms with Crippen LogP contribution in [0.5, 0.6) is 0 Å². The van der Waals surface area contributed by atoms with Gasteiger partial charge < -0.3 is 5.32 Å². The summed E-state index contributed by atoms with van der Waals surface area (Å²) in [6.07, 6.45) is 3.26. The topological polar surface area (TPSA) is 82.8 Å². The summed E-state index contributed by atoms with van der Waals surface area (Å²) in [7, 11) is 0. The molecule has 1 aromatic carbocycles. The first-order chi connectivity index (χ1) is 12.5. The number of halogens is 1. The van der Waals surface area contributed by atoms with E-state index in [1.54, 1.807) is 19.1 Å². The minimum atomic E-state index is -0.381. The Kier molecular flexibility index (Phi) is 5.84. The number of carbonyl (C=O) groups excluding carboxylic acids is 2. The van der Waals surface area contributed by atoms with Gasteiger partial charge in [0.1, 0.15) is 16.6 Å². The molecule has 1 amide bonds. The Labute approximate surface area is 164 Å². The van der Waals surface area contributed by atoms with Crippen LogP contribution in [0.3, 0.4) is 0 Å². The number of nitriles is 1. The summed E-state index contributed by atoms with van der Waals surface area (Å²) >= 11 is 4.48. The Bertz CT molecular complexity index is 870. The van der Waals surface area contributed by atoms with E-state index < -0.39 is 0 Å². The number of nitrogens with zero attached hydrogens (tertiary/aromatic N) is 2. The lowest BCUT2D eigenvalue weighted by Crippen LogP contribution is -2.36. The summed E-state index contributed by atoms with van der Waals surface area (Å²) in [5, 5.41) is 12.5. The molecule has 0 bridgehead atoms. The normalized spacial score (nSPS) is 19.6. The monoisotopic (exact) mass is 431 g/mol. The molecule has 1 fully saturated rings. The van der Waals surface area contributed by atoms with Gasteiger partial charge in [0.25, 0.3) is 0 Å². The van der Waals surface area contributed by atoms with Crippen LogP contribution in [-0.4, -0.2) is 16.1 Å². The number of hydrogen-bond acceptors (Lipinski definition) is 5. The van der Waals surface area contributed by atoms with Crippen LogP contribution >= 0.6 is 27.5 Å². The third-order valence-corrected chi connectivity index (χ3v) is 6.16. The molecule has 0 radical (unpaired) electrons. The van der Waals surface area contributed by atoms with Crippen LogP contribution in [0.1, 0.15) is 47.3 Å². The van der Waals surface area contributed by atoms with Gasteiger partial charge in [-0.1, -0.05) is 40.9 Å². The highest BCUT2D eigenvalue weighted by atomic mass is 79.9. The lowest BCUT2D eigenvalue weighted by molar-refractivity contribution is -0.121. The van der Waals surface area contributed by atoms with Crippen LogP contribution in [0.25, 0.3) is 0 Å². The summed E-state index contributed by atoms with van der Waals surface area (Å²) in [5.74, 6) is -0.892. The van der Waals surface area contributed by atoms with Crippen molar-refractivity contribution in [2.45, 2.75) is 32.6 Å². The zero-order valence-corrected chi connectivity index (χ0v) is 16.7. The van der Waals surface area contributed by atoms with Gasteiger partial charge in [-0.25, -0.2) is 0 Å². The number of nitrogens with one attached hydrogen (secondary N) is 1. The minimum Gasteiger partial charge on any atom is -0.315 e. The van der Waals surface area contributed by atoms with E-state index in [0.29, 0.717) is 34.7 Å². The third-order valence-electron chi connectivity index (χ3n) is 4.78. The molecule has 1 saturated carbocycles. The van der Waals surface area contributed by atoms with Gasteiger partial charge in [0.2, 0.25) is 5.91 Å². The van der Waals surface area contributed by atoms with Crippen molar-refractivity contribution in [2.75, 3.05) is 5.32 Å². The lowest BCUT2D eigenvalue weighted by Gasteiger charge is -2.29. The first-order valence-electron chi connectivity index (χ1n) is 8.48. The van der Waals surface area contributed by atoms with E-state index in [0.717, 1.165) is 28.8 Å². The first-order valence-corrected chi connectivity index (χ1v) is 10.0. The standard InChI is InChI=1S/C19H18BrN3O2S/c1-11-16(10-21)19(26-23-11)22-18(25)15-5-3-2-4-14(15)17(24)12-6-8-13(20)9-7-12/h6-9,14-15H,2-5H2,1H3,(H,22,25). The number of carbonyl (C=O) groups is 2. The SMILES string of the molecule is Cc1nsc(NC(=O)C2CCCCC2C(=O)c2ccc(Br)cc2)c1C#N. The van der Waals surface area contributed by atoms with E-state index >= 15 is 0 Å². The quantitative estimate of drug-likeness (QED) is 0.710. The van der Waals surface area contributed by atoms with Crippen LogP contribution in [0.15, 0.2) is 28.7 Å². The average molecular weight is 432 g/mol. The Hall–Kier alpha value is -2.04. The molecule has 3 rings (SSSR count). The number of aryl methyl sites for hydroxylation is 1. The highest BCUT2D eigenvalue weighted by molar-refractivity contribution is 9.10. The predicted octanol–water partition coefficient (Wildman–Crippen LogP) is 4.71. The van der Waals surface area contributed by atoms with Gasteiger partial charge in [-0.3, -0.25) is 9.59 Å². The number of hydrogen-bond donors (Lipinski definition) is 1. The summed E-state index contributed by atoms with van der Waals surface area (Å²) < 4.78 is 5.04. The maximum Gasteiger partial charge on any atom is 0.228 e. The van der Waals surface area contributed by atoms with E-state index in [1.807, 2.05) is 12.1 Å². The van der Waals surface area contributed by atoms with E-state index in [-0.39, 0.29) is 23.5 Å². The Morgan fingerprint density at radius 3 is 2.54 bits per heavy atom. The van der Waals surface area contributed by atoms with Crippen molar-refractivity contribution in [3.05, 3.63) is 45.6 Å². The number of Topliss-reactive ketones (excluding diaryl/α,β-unsaturated/α-hetero) is 1. The summed E-state index contributed by atoms with van der Waals surface area (Å²) in [4.78, 5) is 25.8. The molecule has 1 N–H and O–H groups in total. The molecule has 1 aliphatic rings. The van der Waals surface area contributed by atoms with Gasteiger partial charge >= 0.3 is 0 Å². The van der Waals surface area contributed by atoms with Crippen molar-refractivity contribution < 1.29 is 9.59 Å². The van der Waals surface area contributed by atoms with Gasteiger partial charge in [0, 0.05) is 21.9 Å². The minimum absolute atomic E-state index is 0.0124. The molecular weight excluding hydrogens is 414 g/mol. The van der Waals surface area contributed by atoms with Crippen molar-refractivity contribution >= 4 is 44.2 Å². The second-order valence-electron chi connectivity index (χ2n) is 6.44. The zero-order valence-electron chi connectivity index (χ0n) is 14.3. The molecule has 2 aromatic rings. The second-order valence-corrected chi connectivity index (χ2v) is 8.13.